The second-order valence-electron chi connectivity index (χ2n) is 7.17. The summed E-state index contributed by atoms with van der Waals surface area (Å²) in [5.41, 5.74) is -0.424. The molecule has 1 aromatic carbocycles. The number of carbonyl (C=O) groups is 1. The third kappa shape index (κ3) is 5.49. The minimum absolute atomic E-state index is 0.0617. The Morgan fingerprint density at radius 1 is 1.23 bits per heavy atom. The highest BCUT2D eigenvalue weighted by molar-refractivity contribution is 6.34. The lowest BCUT2D eigenvalue weighted by molar-refractivity contribution is -0.137. The standard InChI is InChI=1S/C20H23ClF3N5O2/c1-25-18(30)12-8-16(31-2)15(9-14(12)21)28-19-26-10-13(20(22,23)24)17(29-19)27-11-6-4-3-5-7-11/h8-11H,3-7H2,1-2H3,(H,25,30)(H2,26,27,28,29). The van der Waals surface area contributed by atoms with Crippen molar-refractivity contribution in [3.8, 4) is 5.75 Å². The van der Waals surface area contributed by atoms with Gasteiger partial charge in [0.2, 0.25) is 5.95 Å². The van der Waals surface area contributed by atoms with Gasteiger partial charge in [-0.05, 0) is 25.0 Å². The number of methoxy groups -OCH3 is 1. The summed E-state index contributed by atoms with van der Waals surface area (Å²) in [5, 5.41) is 8.37. The number of rotatable bonds is 6. The molecule has 0 spiro atoms. The van der Waals surface area contributed by atoms with Gasteiger partial charge in [-0.3, -0.25) is 4.79 Å². The van der Waals surface area contributed by atoms with Crippen LogP contribution in [-0.2, 0) is 6.18 Å². The molecule has 0 saturated heterocycles. The molecule has 1 saturated carbocycles. The smallest absolute Gasteiger partial charge is 0.421 e. The average Bonchev–Trinajstić information content (AvgIpc) is 2.73. The molecule has 1 aliphatic rings. The predicted octanol–water partition coefficient (Wildman–Crippen LogP) is 5.01. The van der Waals surface area contributed by atoms with Crippen molar-refractivity contribution in [2.45, 2.75) is 44.3 Å². The van der Waals surface area contributed by atoms with Crippen molar-refractivity contribution in [3.63, 3.8) is 0 Å². The normalized spacial score (nSPS) is 14.8. The quantitative estimate of drug-likeness (QED) is 0.565. The Balaban J connectivity index is 1.93. The molecule has 1 aliphatic carbocycles. The van der Waals surface area contributed by atoms with Gasteiger partial charge < -0.3 is 20.7 Å². The molecule has 0 atom stereocenters. The molecule has 31 heavy (non-hydrogen) atoms. The van der Waals surface area contributed by atoms with E-state index in [2.05, 4.69) is 25.9 Å². The summed E-state index contributed by atoms with van der Waals surface area (Å²) in [6.45, 7) is 0. The maximum absolute atomic E-state index is 13.5. The molecule has 168 valence electrons. The summed E-state index contributed by atoms with van der Waals surface area (Å²) in [6.07, 6.45) is 0.723. The van der Waals surface area contributed by atoms with Gasteiger partial charge in [0.1, 0.15) is 17.1 Å². The van der Waals surface area contributed by atoms with Gasteiger partial charge in [0.15, 0.2) is 0 Å². The van der Waals surface area contributed by atoms with Gasteiger partial charge in [0.05, 0.1) is 23.4 Å². The summed E-state index contributed by atoms with van der Waals surface area (Å²) in [4.78, 5) is 19.8. The number of aromatic nitrogens is 2. The first-order chi connectivity index (χ1) is 14.7. The molecular formula is C20H23ClF3N5O2. The lowest BCUT2D eigenvalue weighted by Gasteiger charge is -2.25. The Morgan fingerprint density at radius 2 is 1.94 bits per heavy atom. The highest BCUT2D eigenvalue weighted by Crippen LogP contribution is 2.37. The van der Waals surface area contributed by atoms with Crippen LogP contribution in [0, 0.1) is 0 Å². The molecule has 1 fully saturated rings. The molecule has 11 heteroatoms. The van der Waals surface area contributed by atoms with Gasteiger partial charge in [-0.1, -0.05) is 30.9 Å². The van der Waals surface area contributed by atoms with E-state index in [1.54, 1.807) is 0 Å². The fourth-order valence-corrected chi connectivity index (χ4v) is 3.70. The minimum atomic E-state index is -4.59. The number of carbonyl (C=O) groups excluding carboxylic acids is 1. The van der Waals surface area contributed by atoms with Crippen LogP contribution in [-0.4, -0.2) is 36.1 Å². The van der Waals surface area contributed by atoms with Gasteiger partial charge in [-0.25, -0.2) is 4.98 Å². The highest BCUT2D eigenvalue weighted by Gasteiger charge is 2.36. The number of benzene rings is 1. The van der Waals surface area contributed by atoms with Gasteiger partial charge in [-0.2, -0.15) is 18.2 Å². The molecule has 0 unspecified atom stereocenters. The third-order valence-electron chi connectivity index (χ3n) is 5.05. The second-order valence-corrected chi connectivity index (χ2v) is 7.58. The molecule has 1 aromatic heterocycles. The van der Waals surface area contributed by atoms with Crippen LogP contribution in [0.5, 0.6) is 5.75 Å². The number of amides is 1. The van der Waals surface area contributed by atoms with Gasteiger partial charge >= 0.3 is 6.18 Å². The molecule has 7 nitrogen and oxygen atoms in total. The monoisotopic (exact) mass is 457 g/mol. The summed E-state index contributed by atoms with van der Waals surface area (Å²) < 4.78 is 45.7. The van der Waals surface area contributed by atoms with Crippen LogP contribution < -0.4 is 20.7 Å². The van der Waals surface area contributed by atoms with Gasteiger partial charge in [0, 0.05) is 19.3 Å². The zero-order chi connectivity index (χ0) is 22.6. The molecular weight excluding hydrogens is 435 g/mol. The van der Waals surface area contributed by atoms with Crippen molar-refractivity contribution in [3.05, 3.63) is 34.5 Å². The summed E-state index contributed by atoms with van der Waals surface area (Å²) in [5.74, 6) is -0.481. The number of hydrogen-bond acceptors (Lipinski definition) is 6. The molecule has 2 aromatic rings. The molecule has 1 heterocycles. The Hall–Kier alpha value is -2.75. The van der Waals surface area contributed by atoms with Crippen LogP contribution in [0.25, 0.3) is 0 Å². The third-order valence-corrected chi connectivity index (χ3v) is 5.36. The number of hydrogen-bond donors (Lipinski definition) is 3. The fourth-order valence-electron chi connectivity index (χ4n) is 3.45. The largest absolute Gasteiger partial charge is 0.495 e. The first kappa shape index (κ1) is 22.9. The minimum Gasteiger partial charge on any atom is -0.495 e. The number of ether oxygens (including phenoxy) is 1. The average molecular weight is 458 g/mol. The summed E-state index contributed by atoms with van der Waals surface area (Å²) >= 11 is 6.19. The Labute approximate surface area is 182 Å². The number of halogens is 4. The van der Waals surface area contributed by atoms with Crippen molar-refractivity contribution in [1.82, 2.24) is 15.3 Å². The van der Waals surface area contributed by atoms with E-state index in [0.717, 1.165) is 38.3 Å². The first-order valence-electron chi connectivity index (χ1n) is 9.80. The first-order valence-corrected chi connectivity index (χ1v) is 10.2. The summed E-state index contributed by atoms with van der Waals surface area (Å²) in [6, 6.07) is 2.78. The lowest BCUT2D eigenvalue weighted by Crippen LogP contribution is -2.25. The number of alkyl halides is 3. The molecule has 3 N–H and O–H groups in total. The zero-order valence-corrected chi connectivity index (χ0v) is 17.8. The second kappa shape index (κ2) is 9.59. The van der Waals surface area contributed by atoms with Crippen LogP contribution in [0.15, 0.2) is 18.3 Å². The maximum Gasteiger partial charge on any atom is 0.421 e. The van der Waals surface area contributed by atoms with Crippen molar-refractivity contribution in [2.24, 2.45) is 0 Å². The van der Waals surface area contributed by atoms with E-state index in [9.17, 15) is 18.0 Å². The van der Waals surface area contributed by atoms with Gasteiger partial charge in [-0.15, -0.1) is 0 Å². The van der Waals surface area contributed by atoms with Crippen molar-refractivity contribution >= 4 is 35.0 Å². The lowest BCUT2D eigenvalue weighted by atomic mass is 9.95. The number of anilines is 3. The van der Waals surface area contributed by atoms with Gasteiger partial charge in [0.25, 0.3) is 5.91 Å². The molecule has 0 aliphatic heterocycles. The van der Waals surface area contributed by atoms with E-state index >= 15 is 0 Å². The molecule has 3 rings (SSSR count). The number of nitrogens with zero attached hydrogens (tertiary/aromatic N) is 2. The van der Waals surface area contributed by atoms with Crippen LogP contribution >= 0.6 is 11.6 Å². The van der Waals surface area contributed by atoms with E-state index < -0.39 is 17.6 Å². The zero-order valence-electron chi connectivity index (χ0n) is 17.1. The van der Waals surface area contributed by atoms with Crippen LogP contribution in [0.2, 0.25) is 5.02 Å². The molecule has 0 bridgehead atoms. The summed E-state index contributed by atoms with van der Waals surface area (Å²) in [7, 11) is 2.86. The van der Waals surface area contributed by atoms with Crippen molar-refractivity contribution in [1.29, 1.82) is 0 Å². The number of nitrogens with one attached hydrogen (secondary N) is 3. The SMILES string of the molecule is CNC(=O)c1cc(OC)c(Nc2ncc(C(F)(F)F)c(NC3CCCCC3)n2)cc1Cl. The van der Waals surface area contributed by atoms with Crippen LogP contribution in [0.1, 0.15) is 48.0 Å². The van der Waals surface area contributed by atoms with E-state index in [4.69, 9.17) is 16.3 Å². The molecule has 1 amide bonds. The van der Waals surface area contributed by atoms with Crippen molar-refractivity contribution in [2.75, 3.05) is 24.8 Å². The molecule has 0 radical (unpaired) electrons. The Kier molecular flexibility index (Phi) is 7.09. The maximum atomic E-state index is 13.5. The Morgan fingerprint density at radius 3 is 2.55 bits per heavy atom. The van der Waals surface area contributed by atoms with E-state index in [-0.39, 0.29) is 34.1 Å². The van der Waals surface area contributed by atoms with Crippen molar-refractivity contribution < 1.29 is 22.7 Å². The van der Waals surface area contributed by atoms with E-state index in [1.807, 2.05) is 0 Å². The Bertz CT molecular complexity index is 949. The van der Waals surface area contributed by atoms with Crippen LogP contribution in [0.4, 0.5) is 30.6 Å². The fraction of sp³-hybridized carbons (Fsp3) is 0.450. The van der Waals surface area contributed by atoms with E-state index in [0.29, 0.717) is 5.69 Å². The topological polar surface area (TPSA) is 88.2 Å². The van der Waals surface area contributed by atoms with E-state index in [1.165, 1.54) is 26.3 Å². The predicted molar refractivity (Wildman–Crippen MR) is 112 cm³/mol. The van der Waals surface area contributed by atoms with Crippen LogP contribution in [0.3, 0.4) is 0 Å². The highest BCUT2D eigenvalue weighted by atomic mass is 35.5.